The topological polar surface area (TPSA) is 30.2 Å². The number of hydrogen-bond donors (Lipinski definition) is 0. The molecule has 0 aliphatic heterocycles. The van der Waals surface area contributed by atoms with Crippen molar-refractivity contribution in [3.05, 3.63) is 218 Å². The van der Waals surface area contributed by atoms with Crippen LogP contribution in [0.3, 0.4) is 0 Å². The molecule has 0 fully saturated rings. The standard InChI is InChI=1S/C55H39N3/c1-2-15-38-16-14-23-46(34-38)49-36-47(39-17-6-3-7-18-39)35-48(37-49)42-28-26-40(27-29-42)41-30-32-45(33-31-41)54-56-53(44-21-10-5-11-22-44)57-55-51-25-13-12-24-50(51)52(58(54)55)43-19-8-4-9-20-43/h2-37H,1H3/b15-2-. The highest BCUT2D eigenvalue weighted by Crippen LogP contribution is 2.39. The van der Waals surface area contributed by atoms with Crippen LogP contribution in [-0.4, -0.2) is 14.4 Å². The van der Waals surface area contributed by atoms with Gasteiger partial charge in [0.1, 0.15) is 11.5 Å². The molecule has 2 aromatic heterocycles. The van der Waals surface area contributed by atoms with Crippen molar-refractivity contribution in [2.24, 2.45) is 0 Å². The normalized spacial score (nSPS) is 11.5. The predicted octanol–water partition coefficient (Wildman–Crippen LogP) is 14.6. The molecule has 10 aromatic rings. The van der Waals surface area contributed by atoms with Gasteiger partial charge in [0.25, 0.3) is 0 Å². The van der Waals surface area contributed by atoms with E-state index in [-0.39, 0.29) is 0 Å². The third-order valence-electron chi connectivity index (χ3n) is 10.9. The lowest BCUT2D eigenvalue weighted by atomic mass is 9.92. The first-order chi connectivity index (χ1) is 28.7. The summed E-state index contributed by atoms with van der Waals surface area (Å²) in [6.07, 6.45) is 4.24. The zero-order valence-corrected chi connectivity index (χ0v) is 32.1. The highest BCUT2D eigenvalue weighted by Gasteiger charge is 2.21. The van der Waals surface area contributed by atoms with Crippen molar-refractivity contribution in [3.63, 3.8) is 0 Å². The summed E-state index contributed by atoms with van der Waals surface area (Å²) in [5.41, 5.74) is 15.8. The third kappa shape index (κ3) is 6.59. The van der Waals surface area contributed by atoms with Gasteiger partial charge in [0.2, 0.25) is 0 Å². The molecule has 0 spiro atoms. The van der Waals surface area contributed by atoms with Crippen LogP contribution in [0, 0.1) is 0 Å². The Bertz CT molecular complexity index is 3070. The molecule has 0 atom stereocenters. The van der Waals surface area contributed by atoms with E-state index < -0.39 is 0 Å². The fourth-order valence-corrected chi connectivity index (χ4v) is 8.05. The first-order valence-corrected chi connectivity index (χ1v) is 19.8. The lowest BCUT2D eigenvalue weighted by Crippen LogP contribution is -2.03. The van der Waals surface area contributed by atoms with E-state index in [0.717, 1.165) is 55.8 Å². The second-order valence-electron chi connectivity index (χ2n) is 14.6. The SMILES string of the molecule is C/C=C\c1cccc(-c2cc(-c3ccccc3)cc(-c3ccc(-c4ccc(-c5nc(-c6ccccc6)nc6c7ccccc7c(-c7ccccc7)n56)cc4)cc3)c2)c1. The highest BCUT2D eigenvalue weighted by atomic mass is 15.1. The van der Waals surface area contributed by atoms with Crippen molar-refractivity contribution < 1.29 is 0 Å². The summed E-state index contributed by atoms with van der Waals surface area (Å²) in [5, 5.41) is 2.25. The van der Waals surface area contributed by atoms with E-state index in [9.17, 15) is 0 Å². The van der Waals surface area contributed by atoms with Crippen LogP contribution in [0.4, 0.5) is 0 Å². The molecular weight excluding hydrogens is 703 g/mol. The molecule has 0 aliphatic carbocycles. The Morgan fingerprint density at radius 3 is 1.43 bits per heavy atom. The quantitative estimate of drug-likeness (QED) is 0.155. The minimum absolute atomic E-state index is 0.704. The highest BCUT2D eigenvalue weighted by molar-refractivity contribution is 6.06. The van der Waals surface area contributed by atoms with Gasteiger partial charge in [-0.05, 0) is 86.8 Å². The van der Waals surface area contributed by atoms with Crippen molar-refractivity contribution in [2.75, 3.05) is 0 Å². The molecule has 0 N–H and O–H groups in total. The Labute approximate surface area is 338 Å². The zero-order valence-electron chi connectivity index (χ0n) is 32.1. The molecule has 3 heteroatoms. The molecule has 0 bridgehead atoms. The molecule has 8 aromatic carbocycles. The van der Waals surface area contributed by atoms with Crippen molar-refractivity contribution in [3.8, 4) is 78.5 Å². The molecule has 0 unspecified atom stereocenters. The van der Waals surface area contributed by atoms with Crippen molar-refractivity contribution in [1.29, 1.82) is 0 Å². The molecule has 0 aliphatic rings. The van der Waals surface area contributed by atoms with Gasteiger partial charge in [0.15, 0.2) is 5.82 Å². The van der Waals surface area contributed by atoms with Crippen LogP contribution >= 0.6 is 0 Å². The maximum absolute atomic E-state index is 5.29. The molecule has 2 heterocycles. The Morgan fingerprint density at radius 1 is 0.362 bits per heavy atom. The Morgan fingerprint density at radius 2 is 0.828 bits per heavy atom. The number of hydrogen-bond acceptors (Lipinski definition) is 2. The van der Waals surface area contributed by atoms with Crippen LogP contribution in [0.25, 0.3) is 101 Å². The summed E-state index contributed by atoms with van der Waals surface area (Å²) < 4.78 is 2.24. The van der Waals surface area contributed by atoms with E-state index in [4.69, 9.17) is 9.97 Å². The maximum Gasteiger partial charge on any atom is 0.163 e. The monoisotopic (exact) mass is 741 g/mol. The zero-order chi connectivity index (χ0) is 38.8. The van der Waals surface area contributed by atoms with E-state index in [2.05, 4.69) is 212 Å². The fourth-order valence-electron chi connectivity index (χ4n) is 8.05. The molecule has 58 heavy (non-hydrogen) atoms. The second kappa shape index (κ2) is 15.1. The second-order valence-corrected chi connectivity index (χ2v) is 14.6. The molecule has 0 saturated heterocycles. The lowest BCUT2D eigenvalue weighted by Gasteiger charge is -2.13. The Kier molecular flexibility index (Phi) is 9.09. The van der Waals surface area contributed by atoms with E-state index >= 15 is 0 Å². The summed E-state index contributed by atoms with van der Waals surface area (Å²) in [6.45, 7) is 2.06. The van der Waals surface area contributed by atoms with Crippen molar-refractivity contribution >= 4 is 22.5 Å². The van der Waals surface area contributed by atoms with Crippen LogP contribution in [0.1, 0.15) is 12.5 Å². The summed E-state index contributed by atoms with van der Waals surface area (Å²) in [5.74, 6) is 1.56. The lowest BCUT2D eigenvalue weighted by molar-refractivity contribution is 1.05. The van der Waals surface area contributed by atoms with Gasteiger partial charge in [-0.3, -0.25) is 4.40 Å². The van der Waals surface area contributed by atoms with Crippen LogP contribution in [-0.2, 0) is 0 Å². The largest absolute Gasteiger partial charge is 0.277 e. The van der Waals surface area contributed by atoms with Crippen LogP contribution in [0.2, 0.25) is 0 Å². The minimum atomic E-state index is 0.704. The van der Waals surface area contributed by atoms with Gasteiger partial charge >= 0.3 is 0 Å². The number of fused-ring (bicyclic) bond motifs is 3. The fraction of sp³-hybridized carbons (Fsp3) is 0.0182. The first-order valence-electron chi connectivity index (χ1n) is 19.8. The number of benzene rings is 8. The molecule has 274 valence electrons. The van der Waals surface area contributed by atoms with Crippen molar-refractivity contribution in [2.45, 2.75) is 6.92 Å². The summed E-state index contributed by atoms with van der Waals surface area (Å²) in [6, 6.07) is 73.4. The number of allylic oxidation sites excluding steroid dienone is 1. The number of rotatable bonds is 8. The molecule has 0 saturated carbocycles. The van der Waals surface area contributed by atoms with E-state index in [1.165, 1.54) is 38.9 Å². The average molecular weight is 742 g/mol. The summed E-state index contributed by atoms with van der Waals surface area (Å²) in [4.78, 5) is 10.5. The Balaban J connectivity index is 1.05. The van der Waals surface area contributed by atoms with Crippen molar-refractivity contribution in [1.82, 2.24) is 14.4 Å². The predicted molar refractivity (Wildman–Crippen MR) is 243 cm³/mol. The molecule has 0 amide bonds. The number of nitrogens with zero attached hydrogens (tertiary/aromatic N) is 3. The smallest absolute Gasteiger partial charge is 0.163 e. The van der Waals surface area contributed by atoms with Gasteiger partial charge in [-0.1, -0.05) is 194 Å². The van der Waals surface area contributed by atoms with Gasteiger partial charge in [0, 0.05) is 21.9 Å². The molecule has 0 radical (unpaired) electrons. The maximum atomic E-state index is 5.29. The van der Waals surface area contributed by atoms with Crippen LogP contribution in [0.5, 0.6) is 0 Å². The molecular formula is C55H39N3. The average Bonchev–Trinajstić information content (AvgIpc) is 3.64. The Hall–Kier alpha value is -7.62. The molecule has 10 rings (SSSR count). The van der Waals surface area contributed by atoms with E-state index in [0.29, 0.717) is 5.82 Å². The van der Waals surface area contributed by atoms with Crippen LogP contribution in [0.15, 0.2) is 212 Å². The number of aromatic nitrogens is 3. The van der Waals surface area contributed by atoms with E-state index in [1.807, 2.05) is 18.2 Å². The third-order valence-corrected chi connectivity index (χ3v) is 10.9. The van der Waals surface area contributed by atoms with Gasteiger partial charge in [0.05, 0.1) is 5.69 Å². The minimum Gasteiger partial charge on any atom is -0.277 e. The summed E-state index contributed by atoms with van der Waals surface area (Å²) in [7, 11) is 0. The van der Waals surface area contributed by atoms with E-state index in [1.54, 1.807) is 0 Å². The van der Waals surface area contributed by atoms with Gasteiger partial charge in [-0.2, -0.15) is 0 Å². The van der Waals surface area contributed by atoms with Gasteiger partial charge in [-0.15, -0.1) is 0 Å². The summed E-state index contributed by atoms with van der Waals surface area (Å²) >= 11 is 0. The van der Waals surface area contributed by atoms with Gasteiger partial charge in [-0.25, -0.2) is 9.97 Å². The van der Waals surface area contributed by atoms with Gasteiger partial charge < -0.3 is 0 Å². The van der Waals surface area contributed by atoms with Crippen LogP contribution < -0.4 is 0 Å². The first kappa shape index (κ1) is 34.8. The molecule has 3 nitrogen and oxygen atoms in total.